The Balaban J connectivity index is 1.63. The zero-order valence-corrected chi connectivity index (χ0v) is 13.8. The van der Waals surface area contributed by atoms with Crippen molar-refractivity contribution < 1.29 is 9.32 Å². The quantitative estimate of drug-likeness (QED) is 0.922. The second kappa shape index (κ2) is 7.04. The minimum atomic E-state index is -0.0816. The van der Waals surface area contributed by atoms with E-state index in [4.69, 9.17) is 16.1 Å². The van der Waals surface area contributed by atoms with Gasteiger partial charge in [0.2, 0.25) is 0 Å². The molecule has 5 nitrogen and oxygen atoms in total. The average molecular weight is 334 g/mol. The van der Waals surface area contributed by atoms with Gasteiger partial charge in [0.05, 0.1) is 18.3 Å². The molecule has 0 spiro atoms. The third-order valence-electron chi connectivity index (χ3n) is 4.13. The Kier molecular flexibility index (Phi) is 4.86. The second-order valence-corrected chi connectivity index (χ2v) is 6.14. The minimum Gasteiger partial charge on any atom is -0.359 e. The molecule has 1 aliphatic rings. The molecular formula is C17H20ClN3O2. The molecular weight excluding hydrogens is 314 g/mol. The first kappa shape index (κ1) is 15.9. The fourth-order valence-electron chi connectivity index (χ4n) is 2.94. The lowest BCUT2D eigenvalue weighted by molar-refractivity contribution is 0.191. The number of halogens is 1. The number of aromatic nitrogens is 1. The summed E-state index contributed by atoms with van der Waals surface area (Å²) in [7, 11) is 0. The first-order valence-corrected chi connectivity index (χ1v) is 8.29. The van der Waals surface area contributed by atoms with Crippen LogP contribution in [0.25, 0.3) is 0 Å². The molecule has 122 valence electrons. The summed E-state index contributed by atoms with van der Waals surface area (Å²) in [5.41, 5.74) is 1.98. The number of nitrogens with zero attached hydrogens (tertiary/aromatic N) is 2. The molecule has 1 N–H and O–H groups in total. The Bertz CT molecular complexity index is 686. The number of hydrogen-bond donors (Lipinski definition) is 1. The van der Waals surface area contributed by atoms with Crippen molar-refractivity contribution >= 4 is 17.6 Å². The van der Waals surface area contributed by atoms with Crippen molar-refractivity contribution in [1.29, 1.82) is 0 Å². The Morgan fingerprint density at radius 3 is 3.09 bits per heavy atom. The largest absolute Gasteiger partial charge is 0.359 e. The Hall–Kier alpha value is -2.01. The SMILES string of the molecule is CCc1cc(CNC(=O)N2CCCC2c2cccc(Cl)c2)on1. The average Bonchev–Trinajstić information content (AvgIpc) is 3.21. The van der Waals surface area contributed by atoms with Gasteiger partial charge in [0.25, 0.3) is 0 Å². The van der Waals surface area contributed by atoms with Crippen molar-refractivity contribution in [3.05, 3.63) is 52.4 Å². The summed E-state index contributed by atoms with van der Waals surface area (Å²) < 4.78 is 5.20. The number of carbonyl (C=O) groups is 1. The molecule has 0 saturated carbocycles. The zero-order chi connectivity index (χ0) is 16.2. The smallest absolute Gasteiger partial charge is 0.318 e. The van der Waals surface area contributed by atoms with Gasteiger partial charge in [0.1, 0.15) is 0 Å². The van der Waals surface area contributed by atoms with Crippen molar-refractivity contribution in [2.45, 2.75) is 38.8 Å². The van der Waals surface area contributed by atoms with Gasteiger partial charge in [-0.25, -0.2) is 4.79 Å². The van der Waals surface area contributed by atoms with Gasteiger partial charge < -0.3 is 14.7 Å². The van der Waals surface area contributed by atoms with Crippen molar-refractivity contribution in [2.75, 3.05) is 6.54 Å². The standard InChI is InChI=1S/C17H20ClN3O2/c1-2-14-10-15(23-20-14)11-19-17(22)21-8-4-7-16(21)12-5-3-6-13(18)9-12/h3,5-6,9-10,16H,2,4,7-8,11H2,1H3,(H,19,22). The third kappa shape index (κ3) is 3.67. The molecule has 0 aliphatic carbocycles. The fourth-order valence-corrected chi connectivity index (χ4v) is 3.14. The lowest BCUT2D eigenvalue weighted by Crippen LogP contribution is -2.39. The first-order valence-electron chi connectivity index (χ1n) is 7.91. The maximum Gasteiger partial charge on any atom is 0.318 e. The molecule has 0 radical (unpaired) electrons. The fraction of sp³-hybridized carbons (Fsp3) is 0.412. The van der Waals surface area contributed by atoms with E-state index in [-0.39, 0.29) is 12.1 Å². The lowest BCUT2D eigenvalue weighted by atomic mass is 10.1. The van der Waals surface area contributed by atoms with Crippen LogP contribution in [0.3, 0.4) is 0 Å². The maximum absolute atomic E-state index is 12.5. The topological polar surface area (TPSA) is 58.4 Å². The van der Waals surface area contributed by atoms with E-state index in [0.29, 0.717) is 17.3 Å². The highest BCUT2D eigenvalue weighted by molar-refractivity contribution is 6.30. The van der Waals surface area contributed by atoms with Gasteiger partial charge in [-0.15, -0.1) is 0 Å². The highest BCUT2D eigenvalue weighted by Crippen LogP contribution is 2.32. The number of carbonyl (C=O) groups excluding carboxylic acids is 1. The van der Waals surface area contributed by atoms with Gasteiger partial charge in [-0.05, 0) is 37.0 Å². The minimum absolute atomic E-state index is 0.0784. The highest BCUT2D eigenvalue weighted by Gasteiger charge is 2.30. The molecule has 1 fully saturated rings. The van der Waals surface area contributed by atoms with Crippen LogP contribution in [0, 0.1) is 0 Å². The van der Waals surface area contributed by atoms with Gasteiger partial charge in [0.15, 0.2) is 5.76 Å². The molecule has 2 amide bonds. The Morgan fingerprint density at radius 2 is 2.35 bits per heavy atom. The molecule has 6 heteroatoms. The molecule has 1 saturated heterocycles. The maximum atomic E-state index is 12.5. The van der Waals surface area contributed by atoms with Crippen LogP contribution >= 0.6 is 11.6 Å². The predicted molar refractivity (Wildman–Crippen MR) is 88.2 cm³/mol. The van der Waals surface area contributed by atoms with Gasteiger partial charge in [-0.2, -0.15) is 0 Å². The van der Waals surface area contributed by atoms with E-state index in [9.17, 15) is 4.79 Å². The third-order valence-corrected chi connectivity index (χ3v) is 4.37. The van der Waals surface area contributed by atoms with Crippen molar-refractivity contribution in [2.24, 2.45) is 0 Å². The number of urea groups is 1. The van der Waals surface area contributed by atoms with Gasteiger partial charge in [-0.3, -0.25) is 0 Å². The molecule has 3 rings (SSSR count). The summed E-state index contributed by atoms with van der Waals surface area (Å²) >= 11 is 6.07. The normalized spacial score (nSPS) is 17.5. The molecule has 1 atom stereocenters. The van der Waals surface area contributed by atoms with Crippen molar-refractivity contribution in [3.8, 4) is 0 Å². The van der Waals surface area contributed by atoms with Crippen LogP contribution in [-0.4, -0.2) is 22.6 Å². The molecule has 1 aromatic heterocycles. The van der Waals surface area contributed by atoms with E-state index in [1.165, 1.54) is 0 Å². The van der Waals surface area contributed by atoms with E-state index in [1.807, 2.05) is 42.2 Å². The zero-order valence-electron chi connectivity index (χ0n) is 13.1. The molecule has 1 unspecified atom stereocenters. The van der Waals surface area contributed by atoms with Crippen LogP contribution in [-0.2, 0) is 13.0 Å². The van der Waals surface area contributed by atoms with Crippen molar-refractivity contribution in [1.82, 2.24) is 15.4 Å². The summed E-state index contributed by atoms with van der Waals surface area (Å²) in [6.45, 7) is 3.12. The number of likely N-dealkylation sites (tertiary alicyclic amines) is 1. The van der Waals surface area contributed by atoms with E-state index in [0.717, 1.165) is 37.1 Å². The summed E-state index contributed by atoms with van der Waals surface area (Å²) in [5, 5.41) is 7.54. The van der Waals surface area contributed by atoms with Gasteiger partial charge >= 0.3 is 6.03 Å². The summed E-state index contributed by atoms with van der Waals surface area (Å²) in [6.07, 6.45) is 2.77. The number of nitrogens with one attached hydrogen (secondary N) is 1. The monoisotopic (exact) mass is 333 g/mol. The van der Waals surface area contributed by atoms with Gasteiger partial charge in [0, 0.05) is 17.6 Å². The number of aryl methyl sites for hydroxylation is 1. The van der Waals surface area contributed by atoms with Crippen LogP contribution in [0.15, 0.2) is 34.9 Å². The number of rotatable bonds is 4. The number of benzene rings is 1. The van der Waals surface area contributed by atoms with E-state index in [1.54, 1.807) is 0 Å². The van der Waals surface area contributed by atoms with E-state index < -0.39 is 0 Å². The summed E-state index contributed by atoms with van der Waals surface area (Å²) in [4.78, 5) is 14.3. The molecule has 1 aliphatic heterocycles. The van der Waals surface area contributed by atoms with Crippen LogP contribution in [0.4, 0.5) is 4.79 Å². The summed E-state index contributed by atoms with van der Waals surface area (Å²) in [6, 6.07) is 9.59. The second-order valence-electron chi connectivity index (χ2n) is 5.70. The van der Waals surface area contributed by atoms with Crippen LogP contribution in [0.5, 0.6) is 0 Å². The lowest BCUT2D eigenvalue weighted by Gasteiger charge is -2.25. The highest BCUT2D eigenvalue weighted by atomic mass is 35.5. The summed E-state index contributed by atoms with van der Waals surface area (Å²) in [5.74, 6) is 0.675. The first-order chi connectivity index (χ1) is 11.2. The van der Waals surface area contributed by atoms with Crippen molar-refractivity contribution in [3.63, 3.8) is 0 Å². The van der Waals surface area contributed by atoms with Gasteiger partial charge in [-0.1, -0.05) is 35.8 Å². The van der Waals surface area contributed by atoms with E-state index in [2.05, 4.69) is 10.5 Å². The molecule has 2 aromatic rings. The number of hydrogen-bond acceptors (Lipinski definition) is 3. The number of amides is 2. The van der Waals surface area contributed by atoms with E-state index >= 15 is 0 Å². The Labute approximate surface area is 140 Å². The molecule has 23 heavy (non-hydrogen) atoms. The predicted octanol–water partition coefficient (Wildman–Crippen LogP) is 3.94. The van der Waals surface area contributed by atoms with Crippen LogP contribution in [0.2, 0.25) is 5.02 Å². The van der Waals surface area contributed by atoms with Crippen LogP contribution in [0.1, 0.15) is 42.8 Å². The molecule has 1 aromatic carbocycles. The molecule has 0 bridgehead atoms. The van der Waals surface area contributed by atoms with Crippen LogP contribution < -0.4 is 5.32 Å². The Morgan fingerprint density at radius 1 is 1.48 bits per heavy atom. The molecule has 2 heterocycles.